The van der Waals surface area contributed by atoms with E-state index in [0.717, 1.165) is 38.4 Å². The fourth-order valence-corrected chi connectivity index (χ4v) is 4.23. The standard InChI is InChI=1S/C22H23N5O3/c1-26(2)12-25-16-7-17-21(14-6-4-3-5-13(14)16)15-9-23-11-24-22(15)27(17)20-8-18(29)19(10-28)30-20/h3-7,9,11-12,18-20,28-29H,8,10H2,1-2H3/t18-,19+,20+/m0/s1. The van der Waals surface area contributed by atoms with Gasteiger partial charge in [-0.15, -0.1) is 0 Å². The SMILES string of the molecule is CN(C)C=Nc1cc2c(c3ccccc13)c1cncnc1n2[C@H]1C[C@H](O)[C@@H](CO)O1. The zero-order chi connectivity index (χ0) is 20.8. The van der Waals surface area contributed by atoms with E-state index < -0.39 is 18.4 Å². The third kappa shape index (κ3) is 2.92. The highest BCUT2D eigenvalue weighted by Gasteiger charge is 2.36. The number of aliphatic hydroxyl groups is 2. The molecule has 1 saturated heterocycles. The van der Waals surface area contributed by atoms with E-state index in [-0.39, 0.29) is 6.61 Å². The van der Waals surface area contributed by atoms with E-state index in [0.29, 0.717) is 6.42 Å². The number of ether oxygens (including phenoxy) is 1. The fraction of sp³-hybridized carbons (Fsp3) is 0.318. The number of aromatic nitrogens is 3. The van der Waals surface area contributed by atoms with Gasteiger partial charge in [0.05, 0.1) is 30.3 Å². The Bertz CT molecular complexity index is 1270. The molecule has 0 saturated carbocycles. The van der Waals surface area contributed by atoms with Gasteiger partial charge in [-0.25, -0.2) is 15.0 Å². The van der Waals surface area contributed by atoms with Gasteiger partial charge in [-0.05, 0) is 11.5 Å². The van der Waals surface area contributed by atoms with Crippen molar-refractivity contribution in [2.45, 2.75) is 24.9 Å². The number of aliphatic hydroxyl groups excluding tert-OH is 2. The summed E-state index contributed by atoms with van der Waals surface area (Å²) in [5.74, 6) is 0. The fourth-order valence-electron chi connectivity index (χ4n) is 4.23. The number of benzene rings is 2. The summed E-state index contributed by atoms with van der Waals surface area (Å²) in [6.45, 7) is -0.231. The third-order valence-corrected chi connectivity index (χ3v) is 5.55. The van der Waals surface area contributed by atoms with E-state index in [4.69, 9.17) is 4.74 Å². The number of hydrogen-bond acceptors (Lipinski definition) is 6. The third-order valence-electron chi connectivity index (χ3n) is 5.55. The second kappa shape index (κ2) is 7.32. The minimum atomic E-state index is -0.735. The van der Waals surface area contributed by atoms with Crippen molar-refractivity contribution >= 4 is 44.7 Å². The molecule has 0 amide bonds. The van der Waals surface area contributed by atoms with Crippen LogP contribution in [0.4, 0.5) is 5.69 Å². The van der Waals surface area contributed by atoms with Crippen molar-refractivity contribution in [3.63, 3.8) is 0 Å². The van der Waals surface area contributed by atoms with Crippen molar-refractivity contribution < 1.29 is 14.9 Å². The molecule has 4 aromatic rings. The van der Waals surface area contributed by atoms with Crippen LogP contribution in [0.5, 0.6) is 0 Å². The second-order valence-electron chi connectivity index (χ2n) is 7.79. The number of rotatable bonds is 4. The summed E-state index contributed by atoms with van der Waals surface area (Å²) >= 11 is 0. The maximum Gasteiger partial charge on any atom is 0.146 e. The molecule has 2 N–H and O–H groups in total. The summed E-state index contributed by atoms with van der Waals surface area (Å²) in [4.78, 5) is 15.4. The highest BCUT2D eigenvalue weighted by Crippen LogP contribution is 2.42. The molecule has 1 fully saturated rings. The van der Waals surface area contributed by atoms with Crippen molar-refractivity contribution in [2.75, 3.05) is 20.7 Å². The number of nitrogens with zero attached hydrogens (tertiary/aromatic N) is 5. The minimum Gasteiger partial charge on any atom is -0.394 e. The van der Waals surface area contributed by atoms with E-state index in [2.05, 4.69) is 27.1 Å². The molecule has 0 unspecified atom stereocenters. The van der Waals surface area contributed by atoms with Crippen LogP contribution in [0.15, 0.2) is 47.8 Å². The Kier molecular flexibility index (Phi) is 4.62. The van der Waals surface area contributed by atoms with E-state index in [9.17, 15) is 10.2 Å². The molecular formula is C22H23N5O3. The largest absolute Gasteiger partial charge is 0.394 e. The van der Waals surface area contributed by atoms with Gasteiger partial charge in [-0.1, -0.05) is 24.3 Å². The maximum absolute atomic E-state index is 10.3. The summed E-state index contributed by atoms with van der Waals surface area (Å²) in [5, 5.41) is 23.9. The molecule has 2 aromatic carbocycles. The molecule has 0 radical (unpaired) electrons. The highest BCUT2D eigenvalue weighted by molar-refractivity contribution is 6.22. The van der Waals surface area contributed by atoms with Crippen molar-refractivity contribution in [1.29, 1.82) is 0 Å². The van der Waals surface area contributed by atoms with Gasteiger partial charge in [0.1, 0.15) is 24.3 Å². The van der Waals surface area contributed by atoms with E-state index in [1.54, 1.807) is 6.34 Å². The average molecular weight is 405 g/mol. The molecule has 8 nitrogen and oxygen atoms in total. The van der Waals surface area contributed by atoms with Crippen LogP contribution in [0, 0.1) is 0 Å². The van der Waals surface area contributed by atoms with E-state index in [1.807, 2.05) is 48.0 Å². The monoisotopic (exact) mass is 405 g/mol. The average Bonchev–Trinajstić information content (AvgIpc) is 3.28. The first kappa shape index (κ1) is 18.9. The van der Waals surface area contributed by atoms with Gasteiger partial charge in [0.25, 0.3) is 0 Å². The number of aliphatic imine (C=N–C) groups is 1. The molecule has 3 atom stereocenters. The molecule has 8 heteroatoms. The molecule has 5 rings (SSSR count). The predicted molar refractivity (Wildman–Crippen MR) is 116 cm³/mol. The van der Waals surface area contributed by atoms with Gasteiger partial charge in [-0.2, -0.15) is 0 Å². The topological polar surface area (TPSA) is 96.0 Å². The molecule has 0 bridgehead atoms. The smallest absolute Gasteiger partial charge is 0.146 e. The highest BCUT2D eigenvalue weighted by atomic mass is 16.5. The minimum absolute atomic E-state index is 0.231. The Morgan fingerprint density at radius 3 is 2.80 bits per heavy atom. The van der Waals surface area contributed by atoms with Crippen molar-refractivity contribution in [3.05, 3.63) is 42.9 Å². The van der Waals surface area contributed by atoms with Crippen LogP contribution < -0.4 is 0 Å². The normalized spacial score (nSPS) is 22.1. The van der Waals surface area contributed by atoms with Gasteiger partial charge in [0.2, 0.25) is 0 Å². The molecular weight excluding hydrogens is 382 g/mol. The number of hydrogen-bond donors (Lipinski definition) is 2. The summed E-state index contributed by atoms with van der Waals surface area (Å²) in [5.41, 5.74) is 2.47. The lowest BCUT2D eigenvalue weighted by atomic mass is 10.0. The number of fused-ring (bicyclic) bond motifs is 5. The van der Waals surface area contributed by atoms with Crippen LogP contribution in [0.25, 0.3) is 32.7 Å². The lowest BCUT2D eigenvalue weighted by Gasteiger charge is -2.16. The molecule has 1 aliphatic rings. The van der Waals surface area contributed by atoms with Crippen LogP contribution >= 0.6 is 0 Å². The molecule has 0 aliphatic carbocycles. The summed E-state index contributed by atoms with van der Waals surface area (Å²) in [6.07, 6.45) is 3.68. The van der Waals surface area contributed by atoms with Crippen LogP contribution in [0.1, 0.15) is 12.6 Å². The first-order chi connectivity index (χ1) is 14.6. The molecule has 1 aliphatic heterocycles. The summed E-state index contributed by atoms with van der Waals surface area (Å²) in [7, 11) is 3.86. The Hall–Kier alpha value is -3.07. The molecule has 2 aromatic heterocycles. The van der Waals surface area contributed by atoms with Crippen LogP contribution in [-0.2, 0) is 4.74 Å². The van der Waals surface area contributed by atoms with E-state index in [1.165, 1.54) is 6.33 Å². The lowest BCUT2D eigenvalue weighted by Crippen LogP contribution is -2.24. The lowest BCUT2D eigenvalue weighted by molar-refractivity contribution is -0.0417. The van der Waals surface area contributed by atoms with Gasteiger partial charge in [0, 0.05) is 42.9 Å². The van der Waals surface area contributed by atoms with Crippen LogP contribution in [0.2, 0.25) is 0 Å². The molecule has 30 heavy (non-hydrogen) atoms. The van der Waals surface area contributed by atoms with E-state index >= 15 is 0 Å². The van der Waals surface area contributed by atoms with Crippen LogP contribution in [-0.4, -0.2) is 68.9 Å². The Morgan fingerprint density at radius 2 is 2.07 bits per heavy atom. The summed E-state index contributed by atoms with van der Waals surface area (Å²) in [6, 6.07) is 10.2. The maximum atomic E-state index is 10.3. The zero-order valence-electron chi connectivity index (χ0n) is 16.8. The second-order valence-corrected chi connectivity index (χ2v) is 7.79. The first-order valence-corrected chi connectivity index (χ1v) is 9.89. The van der Waals surface area contributed by atoms with Crippen LogP contribution in [0.3, 0.4) is 0 Å². The molecule has 154 valence electrons. The Labute approximate surface area is 173 Å². The van der Waals surface area contributed by atoms with Gasteiger partial charge in [0.15, 0.2) is 0 Å². The van der Waals surface area contributed by atoms with Gasteiger partial charge >= 0.3 is 0 Å². The molecule has 0 spiro atoms. The summed E-state index contributed by atoms with van der Waals surface area (Å²) < 4.78 is 7.98. The molecule has 3 heterocycles. The quantitative estimate of drug-likeness (QED) is 0.400. The van der Waals surface area contributed by atoms with Crippen molar-refractivity contribution in [1.82, 2.24) is 19.4 Å². The Balaban J connectivity index is 1.85. The van der Waals surface area contributed by atoms with Crippen molar-refractivity contribution in [3.8, 4) is 0 Å². The van der Waals surface area contributed by atoms with Gasteiger partial charge < -0.3 is 19.8 Å². The Morgan fingerprint density at radius 1 is 1.27 bits per heavy atom. The predicted octanol–water partition coefficient (Wildman–Crippen LogP) is 2.60. The zero-order valence-corrected chi connectivity index (χ0v) is 16.8. The van der Waals surface area contributed by atoms with Gasteiger partial charge in [-0.3, -0.25) is 4.57 Å². The van der Waals surface area contributed by atoms with Crippen molar-refractivity contribution in [2.24, 2.45) is 4.99 Å². The first-order valence-electron chi connectivity index (χ1n) is 9.89.